The minimum atomic E-state index is -0.159. The SMILES string of the molecule is Cc1ccc(NC(=O)NCC2(Sc3ccccc3)CCOCC2)cc1C. The molecule has 1 heterocycles. The molecule has 1 aliphatic heterocycles. The molecule has 1 aliphatic rings. The maximum atomic E-state index is 12.4. The van der Waals surface area contributed by atoms with E-state index in [1.54, 1.807) is 0 Å². The van der Waals surface area contributed by atoms with Gasteiger partial charge in [-0.1, -0.05) is 24.3 Å². The van der Waals surface area contributed by atoms with E-state index >= 15 is 0 Å². The third kappa shape index (κ3) is 5.02. The van der Waals surface area contributed by atoms with Gasteiger partial charge in [-0.25, -0.2) is 4.79 Å². The number of amides is 2. The van der Waals surface area contributed by atoms with E-state index in [1.165, 1.54) is 16.0 Å². The van der Waals surface area contributed by atoms with Crippen molar-refractivity contribution >= 4 is 23.5 Å². The largest absolute Gasteiger partial charge is 0.381 e. The molecule has 26 heavy (non-hydrogen) atoms. The van der Waals surface area contributed by atoms with Crippen LogP contribution in [-0.2, 0) is 4.74 Å². The summed E-state index contributed by atoms with van der Waals surface area (Å²) in [6.07, 6.45) is 1.85. The summed E-state index contributed by atoms with van der Waals surface area (Å²) in [5.74, 6) is 0. The second-order valence-corrected chi connectivity index (χ2v) is 8.36. The fraction of sp³-hybridized carbons (Fsp3) is 0.381. The molecule has 5 heteroatoms. The molecule has 2 amide bonds. The van der Waals surface area contributed by atoms with E-state index in [4.69, 9.17) is 4.74 Å². The first-order chi connectivity index (χ1) is 12.6. The summed E-state index contributed by atoms with van der Waals surface area (Å²) in [7, 11) is 0. The van der Waals surface area contributed by atoms with Gasteiger partial charge in [0.25, 0.3) is 0 Å². The molecular weight excluding hydrogens is 344 g/mol. The molecule has 0 unspecified atom stereocenters. The molecule has 2 N–H and O–H groups in total. The number of thioether (sulfide) groups is 1. The highest BCUT2D eigenvalue weighted by atomic mass is 32.2. The van der Waals surface area contributed by atoms with Crippen LogP contribution in [0.3, 0.4) is 0 Å². The average molecular weight is 371 g/mol. The van der Waals surface area contributed by atoms with Gasteiger partial charge >= 0.3 is 6.03 Å². The van der Waals surface area contributed by atoms with Crippen molar-refractivity contribution in [2.24, 2.45) is 0 Å². The maximum Gasteiger partial charge on any atom is 0.319 e. The van der Waals surface area contributed by atoms with Crippen molar-refractivity contribution in [2.45, 2.75) is 36.3 Å². The molecule has 2 aromatic rings. The van der Waals surface area contributed by atoms with Crippen molar-refractivity contribution in [1.29, 1.82) is 0 Å². The van der Waals surface area contributed by atoms with Gasteiger partial charge in [0.1, 0.15) is 0 Å². The molecule has 2 aromatic carbocycles. The standard InChI is InChI=1S/C21H26N2O2S/c1-16-8-9-18(14-17(16)2)23-20(24)22-15-21(10-12-25-13-11-21)26-19-6-4-3-5-7-19/h3-9,14H,10-13,15H2,1-2H3,(H2,22,23,24). The first-order valence-electron chi connectivity index (χ1n) is 9.00. The summed E-state index contributed by atoms with van der Waals surface area (Å²) in [5, 5.41) is 6.01. The van der Waals surface area contributed by atoms with E-state index in [9.17, 15) is 4.79 Å². The Hall–Kier alpha value is -1.98. The summed E-state index contributed by atoms with van der Waals surface area (Å²) in [6, 6.07) is 16.2. The van der Waals surface area contributed by atoms with Crippen LogP contribution in [0.4, 0.5) is 10.5 Å². The lowest BCUT2D eigenvalue weighted by Gasteiger charge is -2.36. The Morgan fingerprint density at radius 2 is 1.81 bits per heavy atom. The van der Waals surface area contributed by atoms with Crippen LogP contribution < -0.4 is 10.6 Å². The summed E-state index contributed by atoms with van der Waals surface area (Å²) in [5.41, 5.74) is 3.21. The minimum absolute atomic E-state index is 0.0276. The molecule has 0 radical (unpaired) electrons. The highest BCUT2D eigenvalue weighted by Gasteiger charge is 2.34. The van der Waals surface area contributed by atoms with Gasteiger partial charge in [0.05, 0.1) is 0 Å². The molecule has 0 atom stereocenters. The fourth-order valence-electron chi connectivity index (χ4n) is 3.03. The number of hydrogen-bond acceptors (Lipinski definition) is 3. The normalized spacial score (nSPS) is 16.1. The molecular formula is C21H26N2O2S. The van der Waals surface area contributed by atoms with Gasteiger partial charge in [0.15, 0.2) is 0 Å². The average Bonchev–Trinajstić information content (AvgIpc) is 2.65. The molecule has 1 fully saturated rings. The summed E-state index contributed by atoms with van der Waals surface area (Å²) < 4.78 is 5.52. The van der Waals surface area contributed by atoms with Crippen LogP contribution in [0.2, 0.25) is 0 Å². The van der Waals surface area contributed by atoms with Crippen LogP contribution in [0.1, 0.15) is 24.0 Å². The van der Waals surface area contributed by atoms with Crippen molar-refractivity contribution in [3.8, 4) is 0 Å². The van der Waals surface area contributed by atoms with E-state index in [1.807, 2.05) is 43.0 Å². The zero-order valence-electron chi connectivity index (χ0n) is 15.4. The second-order valence-electron chi connectivity index (χ2n) is 6.82. The van der Waals surface area contributed by atoms with Crippen LogP contribution in [0.15, 0.2) is 53.4 Å². The molecule has 0 spiro atoms. The first kappa shape index (κ1) is 18.8. The lowest BCUT2D eigenvalue weighted by molar-refractivity contribution is 0.0777. The number of ether oxygens (including phenoxy) is 1. The van der Waals surface area contributed by atoms with Gasteiger partial charge in [-0.3, -0.25) is 0 Å². The van der Waals surface area contributed by atoms with E-state index in [2.05, 4.69) is 41.8 Å². The van der Waals surface area contributed by atoms with Gasteiger partial charge in [-0.05, 0) is 62.1 Å². The minimum Gasteiger partial charge on any atom is -0.381 e. The Morgan fingerprint density at radius 3 is 2.50 bits per heavy atom. The predicted molar refractivity (Wildman–Crippen MR) is 108 cm³/mol. The second kappa shape index (κ2) is 8.60. The zero-order chi connectivity index (χ0) is 18.4. The van der Waals surface area contributed by atoms with Crippen LogP contribution in [0.5, 0.6) is 0 Å². The maximum absolute atomic E-state index is 12.4. The number of anilines is 1. The van der Waals surface area contributed by atoms with Crippen LogP contribution in [-0.4, -0.2) is 30.5 Å². The number of hydrogen-bond donors (Lipinski definition) is 2. The lowest BCUT2D eigenvalue weighted by Crippen LogP contribution is -2.45. The molecule has 138 valence electrons. The number of nitrogens with one attached hydrogen (secondary N) is 2. The molecule has 4 nitrogen and oxygen atoms in total. The van der Waals surface area contributed by atoms with Gasteiger partial charge in [0.2, 0.25) is 0 Å². The molecule has 0 saturated carbocycles. The van der Waals surface area contributed by atoms with E-state index in [-0.39, 0.29) is 10.8 Å². The van der Waals surface area contributed by atoms with Gasteiger partial charge in [0, 0.05) is 35.1 Å². The third-order valence-electron chi connectivity index (χ3n) is 4.82. The Balaban J connectivity index is 1.61. The van der Waals surface area contributed by atoms with Crippen LogP contribution in [0, 0.1) is 13.8 Å². The van der Waals surface area contributed by atoms with Gasteiger partial charge in [-0.2, -0.15) is 0 Å². The number of rotatable bonds is 5. The number of benzene rings is 2. The van der Waals surface area contributed by atoms with Crippen LogP contribution in [0.25, 0.3) is 0 Å². The summed E-state index contributed by atoms with van der Waals surface area (Å²) in [6.45, 7) is 6.20. The highest BCUT2D eigenvalue weighted by molar-refractivity contribution is 8.00. The molecule has 3 rings (SSSR count). The van der Waals surface area contributed by atoms with E-state index < -0.39 is 0 Å². The monoisotopic (exact) mass is 370 g/mol. The van der Waals surface area contributed by atoms with Crippen molar-refractivity contribution in [3.05, 3.63) is 59.7 Å². The number of carbonyl (C=O) groups is 1. The quantitative estimate of drug-likeness (QED) is 0.797. The van der Waals surface area contributed by atoms with Gasteiger partial charge in [-0.15, -0.1) is 11.8 Å². The van der Waals surface area contributed by atoms with Crippen molar-refractivity contribution in [3.63, 3.8) is 0 Å². The highest BCUT2D eigenvalue weighted by Crippen LogP contribution is 2.40. The van der Waals surface area contributed by atoms with E-state index in [0.717, 1.165) is 31.7 Å². The molecule has 0 aliphatic carbocycles. The Morgan fingerprint density at radius 1 is 1.08 bits per heavy atom. The predicted octanol–water partition coefficient (Wildman–Crippen LogP) is 4.77. The molecule has 0 aromatic heterocycles. The fourth-order valence-corrected chi connectivity index (χ4v) is 4.34. The smallest absolute Gasteiger partial charge is 0.319 e. The van der Waals surface area contributed by atoms with Crippen LogP contribution >= 0.6 is 11.8 Å². The molecule has 0 bridgehead atoms. The first-order valence-corrected chi connectivity index (χ1v) is 9.82. The summed E-state index contributed by atoms with van der Waals surface area (Å²) in [4.78, 5) is 13.6. The van der Waals surface area contributed by atoms with Crippen molar-refractivity contribution in [1.82, 2.24) is 5.32 Å². The zero-order valence-corrected chi connectivity index (χ0v) is 16.2. The Labute approximate surface area is 159 Å². The van der Waals surface area contributed by atoms with E-state index in [0.29, 0.717) is 6.54 Å². The summed E-state index contributed by atoms with van der Waals surface area (Å²) >= 11 is 1.84. The Kier molecular flexibility index (Phi) is 6.22. The number of carbonyl (C=O) groups excluding carboxylic acids is 1. The Bertz CT molecular complexity index is 743. The van der Waals surface area contributed by atoms with Crippen molar-refractivity contribution in [2.75, 3.05) is 25.1 Å². The van der Waals surface area contributed by atoms with Crippen molar-refractivity contribution < 1.29 is 9.53 Å². The third-order valence-corrected chi connectivity index (χ3v) is 6.31. The number of aryl methyl sites for hydroxylation is 2. The molecule has 1 saturated heterocycles. The number of urea groups is 1. The van der Waals surface area contributed by atoms with Gasteiger partial charge < -0.3 is 15.4 Å². The lowest BCUT2D eigenvalue weighted by atomic mass is 9.99. The topological polar surface area (TPSA) is 50.4 Å².